The van der Waals surface area contributed by atoms with Crippen LogP contribution in [0.1, 0.15) is 58.9 Å². The van der Waals surface area contributed by atoms with E-state index in [2.05, 4.69) is 10.6 Å². The largest absolute Gasteiger partial charge is 0.417 e. The summed E-state index contributed by atoms with van der Waals surface area (Å²) < 4.78 is 40.5. The summed E-state index contributed by atoms with van der Waals surface area (Å²) in [5, 5.41) is 7.68. The van der Waals surface area contributed by atoms with Crippen molar-refractivity contribution in [2.24, 2.45) is 0 Å². The van der Waals surface area contributed by atoms with E-state index < -0.39 is 35.0 Å². The molecule has 162 valence electrons. The number of carbonyl (C=O) groups excluding carboxylic acids is 2. The third kappa shape index (κ3) is 5.35. The molecule has 0 saturated heterocycles. The van der Waals surface area contributed by atoms with E-state index in [4.69, 9.17) is 11.6 Å². The van der Waals surface area contributed by atoms with E-state index in [1.54, 1.807) is 17.5 Å². The highest BCUT2D eigenvalue weighted by Crippen LogP contribution is 2.37. The average molecular weight is 459 g/mol. The summed E-state index contributed by atoms with van der Waals surface area (Å²) in [4.78, 5) is 26.0. The quantitative estimate of drug-likeness (QED) is 0.408. The molecule has 2 aromatic rings. The fourth-order valence-corrected chi connectivity index (χ4v) is 4.59. The summed E-state index contributed by atoms with van der Waals surface area (Å²) in [6.07, 6.45) is 0.226. The summed E-state index contributed by atoms with van der Waals surface area (Å²) in [5.74, 6) is -1.78. The lowest BCUT2D eigenvalue weighted by atomic mass is 9.95. The molecule has 0 bridgehead atoms. The van der Waals surface area contributed by atoms with Gasteiger partial charge in [-0.1, -0.05) is 31.4 Å². The second-order valence-electron chi connectivity index (χ2n) is 7.22. The minimum atomic E-state index is -4.72. The Morgan fingerprint density at radius 2 is 1.87 bits per heavy atom. The summed E-state index contributed by atoms with van der Waals surface area (Å²) >= 11 is 6.90. The number of benzene rings is 1. The molecule has 2 N–H and O–H groups in total. The van der Waals surface area contributed by atoms with E-state index in [0.717, 1.165) is 38.2 Å². The van der Waals surface area contributed by atoms with Crippen molar-refractivity contribution in [1.29, 1.82) is 0 Å². The number of anilines is 1. The molecule has 1 heterocycles. The van der Waals surface area contributed by atoms with Gasteiger partial charge < -0.3 is 10.6 Å². The molecule has 1 amide bonds. The number of amides is 1. The average Bonchev–Trinajstić information content (AvgIpc) is 3.25. The second-order valence-corrected chi connectivity index (χ2v) is 8.47. The molecule has 0 spiro atoms. The maximum Gasteiger partial charge on any atom is 0.417 e. The molecule has 1 atom stereocenters. The molecule has 1 aliphatic carbocycles. The Kier molecular flexibility index (Phi) is 7.41. The number of Topliss-reactive ketones (excluding diaryl/α,β-unsaturated/α-hetero) is 1. The number of hydrogen-bond donors (Lipinski definition) is 2. The van der Waals surface area contributed by atoms with E-state index >= 15 is 0 Å². The van der Waals surface area contributed by atoms with Gasteiger partial charge in [-0.3, -0.25) is 9.59 Å². The zero-order chi connectivity index (χ0) is 21.7. The molecule has 1 aromatic heterocycles. The smallest absolute Gasteiger partial charge is 0.369 e. The van der Waals surface area contributed by atoms with Crippen molar-refractivity contribution < 1.29 is 22.8 Å². The van der Waals surface area contributed by atoms with Gasteiger partial charge in [-0.2, -0.15) is 13.2 Å². The highest BCUT2D eigenvalue weighted by atomic mass is 35.5. The molecular formula is C21H22ClF3N2O2S. The Bertz CT molecular complexity index is 881. The van der Waals surface area contributed by atoms with E-state index in [9.17, 15) is 22.8 Å². The standard InChI is InChI=1S/C21H22ClF3N2O2S/c22-12-16(28)18-14(21(23,24)25)8-4-9-15(18)27-19(17-10-5-11-30-17)20(29)26-13-6-2-1-3-7-13/h4-5,8-11,13,19,27H,1-3,6-7,12H2,(H,26,29). The molecule has 9 heteroatoms. The van der Waals surface area contributed by atoms with E-state index in [1.807, 2.05) is 0 Å². The first-order valence-electron chi connectivity index (χ1n) is 9.71. The molecule has 4 nitrogen and oxygen atoms in total. The molecular weight excluding hydrogens is 437 g/mol. The van der Waals surface area contributed by atoms with Crippen molar-refractivity contribution in [2.45, 2.75) is 50.4 Å². The van der Waals surface area contributed by atoms with Crippen molar-refractivity contribution in [3.05, 3.63) is 51.7 Å². The number of ketones is 1. The highest BCUT2D eigenvalue weighted by Gasteiger charge is 2.37. The molecule has 1 saturated carbocycles. The fourth-order valence-electron chi connectivity index (χ4n) is 3.68. The second kappa shape index (κ2) is 9.83. The van der Waals surface area contributed by atoms with Crippen molar-refractivity contribution in [3.63, 3.8) is 0 Å². The van der Waals surface area contributed by atoms with Crippen LogP contribution < -0.4 is 10.6 Å². The molecule has 1 unspecified atom stereocenters. The topological polar surface area (TPSA) is 58.2 Å². The Labute approximate surface area is 181 Å². The number of rotatable bonds is 7. The SMILES string of the molecule is O=C(CCl)c1c(NC(C(=O)NC2CCCCC2)c2cccs2)cccc1C(F)(F)F. The highest BCUT2D eigenvalue weighted by molar-refractivity contribution is 7.10. The van der Waals surface area contributed by atoms with Crippen molar-refractivity contribution in [2.75, 3.05) is 11.2 Å². The van der Waals surface area contributed by atoms with Crippen LogP contribution in [-0.4, -0.2) is 23.6 Å². The number of thiophene rings is 1. The molecule has 0 aliphatic heterocycles. The number of carbonyl (C=O) groups is 2. The van der Waals surface area contributed by atoms with Crippen LogP contribution in [0.5, 0.6) is 0 Å². The van der Waals surface area contributed by atoms with Crippen LogP contribution in [0.3, 0.4) is 0 Å². The van der Waals surface area contributed by atoms with Gasteiger partial charge in [-0.05, 0) is 36.4 Å². The normalized spacial score (nSPS) is 16.1. The maximum atomic E-state index is 13.5. The van der Waals surface area contributed by atoms with Crippen LogP contribution in [-0.2, 0) is 11.0 Å². The van der Waals surface area contributed by atoms with Gasteiger partial charge in [0.25, 0.3) is 0 Å². The summed E-state index contributed by atoms with van der Waals surface area (Å²) in [6.45, 7) is 0. The fraction of sp³-hybridized carbons (Fsp3) is 0.429. The number of hydrogen-bond acceptors (Lipinski definition) is 4. The lowest BCUT2D eigenvalue weighted by Crippen LogP contribution is -2.41. The van der Waals surface area contributed by atoms with Crippen molar-refractivity contribution in [3.8, 4) is 0 Å². The Hall–Kier alpha value is -2.06. The van der Waals surface area contributed by atoms with Gasteiger partial charge in [0.15, 0.2) is 5.78 Å². The zero-order valence-electron chi connectivity index (χ0n) is 16.1. The van der Waals surface area contributed by atoms with Crippen LogP contribution >= 0.6 is 22.9 Å². The Morgan fingerprint density at radius 3 is 2.47 bits per heavy atom. The van der Waals surface area contributed by atoms with E-state index in [0.29, 0.717) is 4.88 Å². The van der Waals surface area contributed by atoms with Gasteiger partial charge in [-0.15, -0.1) is 22.9 Å². The van der Waals surface area contributed by atoms with Gasteiger partial charge in [0, 0.05) is 16.6 Å². The zero-order valence-corrected chi connectivity index (χ0v) is 17.7. The Balaban J connectivity index is 1.94. The first-order valence-corrected chi connectivity index (χ1v) is 11.1. The first kappa shape index (κ1) is 22.6. The van der Waals surface area contributed by atoms with Gasteiger partial charge in [-0.25, -0.2) is 0 Å². The van der Waals surface area contributed by atoms with Gasteiger partial charge in [0.2, 0.25) is 5.91 Å². The minimum Gasteiger partial charge on any atom is -0.369 e. The third-order valence-electron chi connectivity index (χ3n) is 5.11. The predicted octanol–water partition coefficient (Wildman–Crippen LogP) is 5.79. The molecule has 1 aliphatic rings. The molecule has 3 rings (SSSR count). The third-order valence-corrected chi connectivity index (χ3v) is 6.29. The van der Waals surface area contributed by atoms with Crippen LogP contribution in [0.25, 0.3) is 0 Å². The van der Waals surface area contributed by atoms with Gasteiger partial charge in [0.05, 0.1) is 17.0 Å². The van der Waals surface area contributed by atoms with Crippen molar-refractivity contribution in [1.82, 2.24) is 5.32 Å². The number of alkyl halides is 4. The van der Waals surface area contributed by atoms with Gasteiger partial charge >= 0.3 is 6.18 Å². The summed E-state index contributed by atoms with van der Waals surface area (Å²) in [6, 6.07) is 6.04. The van der Waals surface area contributed by atoms with E-state index in [1.165, 1.54) is 23.5 Å². The maximum absolute atomic E-state index is 13.5. The lowest BCUT2D eigenvalue weighted by molar-refractivity contribution is -0.137. The van der Waals surface area contributed by atoms with Crippen LogP contribution in [0.2, 0.25) is 0 Å². The molecule has 1 aromatic carbocycles. The molecule has 0 radical (unpaired) electrons. The Morgan fingerprint density at radius 1 is 1.13 bits per heavy atom. The first-order chi connectivity index (χ1) is 14.3. The molecule has 1 fully saturated rings. The number of nitrogens with one attached hydrogen (secondary N) is 2. The number of halogens is 4. The van der Waals surface area contributed by atoms with E-state index in [-0.39, 0.29) is 17.6 Å². The summed E-state index contributed by atoms with van der Waals surface area (Å²) in [7, 11) is 0. The minimum absolute atomic E-state index is 0.0426. The van der Waals surface area contributed by atoms with Gasteiger partial charge in [0.1, 0.15) is 6.04 Å². The van der Waals surface area contributed by atoms with Crippen LogP contribution in [0, 0.1) is 0 Å². The molecule has 30 heavy (non-hydrogen) atoms. The monoisotopic (exact) mass is 458 g/mol. The van der Waals surface area contributed by atoms with Crippen LogP contribution in [0.15, 0.2) is 35.7 Å². The predicted molar refractivity (Wildman–Crippen MR) is 112 cm³/mol. The lowest BCUT2D eigenvalue weighted by Gasteiger charge is -2.27. The summed E-state index contributed by atoms with van der Waals surface area (Å²) in [5.41, 5.74) is -1.68. The van der Waals surface area contributed by atoms with Crippen LogP contribution in [0.4, 0.5) is 18.9 Å². The van der Waals surface area contributed by atoms with Crippen molar-refractivity contribution >= 4 is 40.3 Å².